The van der Waals surface area contributed by atoms with E-state index in [0.29, 0.717) is 10.8 Å². The molecule has 0 radical (unpaired) electrons. The first-order valence-corrected chi connectivity index (χ1v) is 6.58. The molecule has 0 bridgehead atoms. The van der Waals surface area contributed by atoms with Crippen LogP contribution in [-0.2, 0) is 22.2 Å². The monoisotopic (exact) mass is 246 g/mol. The molecule has 0 aliphatic heterocycles. The van der Waals surface area contributed by atoms with Gasteiger partial charge in [0.25, 0.3) is 0 Å². The van der Waals surface area contributed by atoms with E-state index in [4.69, 9.17) is 5.11 Å². The lowest BCUT2D eigenvalue weighted by atomic mass is 10.3. The number of aliphatic carboxylic acids is 1. The summed E-state index contributed by atoms with van der Waals surface area (Å²) in [7, 11) is -1.06. The molecule has 1 saturated carbocycles. The van der Waals surface area contributed by atoms with Gasteiger partial charge in [-0.3, -0.25) is 9.52 Å². The molecule has 1 atom stereocenters. The normalized spacial score (nSPS) is 17.3. The molecule has 1 aromatic rings. The van der Waals surface area contributed by atoms with Crippen LogP contribution in [-0.4, -0.2) is 25.5 Å². The second kappa shape index (κ2) is 4.28. The van der Waals surface area contributed by atoms with Crippen molar-refractivity contribution in [3.63, 3.8) is 0 Å². The fraction of sp³-hybridized carbons (Fsp3) is 0.500. The van der Waals surface area contributed by atoms with Gasteiger partial charge in [-0.1, -0.05) is 0 Å². The summed E-state index contributed by atoms with van der Waals surface area (Å²) in [5, 5.41) is 11.0. The summed E-state index contributed by atoms with van der Waals surface area (Å²) in [6, 6.07) is 0. The van der Waals surface area contributed by atoms with Crippen molar-refractivity contribution in [3.05, 3.63) is 11.1 Å². The van der Waals surface area contributed by atoms with Gasteiger partial charge in [0.2, 0.25) is 0 Å². The van der Waals surface area contributed by atoms with Crippen LogP contribution in [0.25, 0.3) is 0 Å². The summed E-state index contributed by atoms with van der Waals surface area (Å²) < 4.78 is 14.2. The smallest absolute Gasteiger partial charge is 0.309 e. The van der Waals surface area contributed by atoms with E-state index in [1.165, 1.54) is 11.3 Å². The third kappa shape index (κ3) is 3.00. The van der Waals surface area contributed by atoms with Gasteiger partial charge in [-0.25, -0.2) is 9.19 Å². The Kier molecular flexibility index (Phi) is 3.01. The highest BCUT2D eigenvalue weighted by atomic mass is 32.2. The maximum Gasteiger partial charge on any atom is 0.309 e. The maximum atomic E-state index is 11.5. The van der Waals surface area contributed by atoms with E-state index in [0.717, 1.165) is 12.8 Å². The van der Waals surface area contributed by atoms with Crippen LogP contribution in [0.5, 0.6) is 0 Å². The first-order chi connectivity index (χ1) is 7.15. The minimum Gasteiger partial charge on any atom is -0.481 e. The number of aromatic nitrogens is 1. The van der Waals surface area contributed by atoms with Crippen LogP contribution >= 0.6 is 11.3 Å². The number of hydrogen-bond acceptors (Lipinski definition) is 4. The van der Waals surface area contributed by atoms with Gasteiger partial charge < -0.3 is 5.11 Å². The molecule has 1 unspecified atom stereocenters. The Morgan fingerprint density at radius 3 is 3.07 bits per heavy atom. The third-order valence-electron chi connectivity index (χ3n) is 1.90. The summed E-state index contributed by atoms with van der Waals surface area (Å²) in [6.45, 7) is 0. The quantitative estimate of drug-likeness (QED) is 0.812. The predicted molar refractivity (Wildman–Crippen MR) is 58.2 cm³/mol. The average Bonchev–Trinajstić information content (AvgIpc) is 2.90. The van der Waals surface area contributed by atoms with E-state index in [9.17, 15) is 9.00 Å². The van der Waals surface area contributed by atoms with Crippen LogP contribution in [0.4, 0.5) is 5.13 Å². The van der Waals surface area contributed by atoms with E-state index in [1.807, 2.05) is 0 Å². The zero-order valence-electron chi connectivity index (χ0n) is 7.80. The molecule has 1 aliphatic rings. The molecule has 0 aromatic carbocycles. The lowest BCUT2D eigenvalue weighted by molar-refractivity contribution is -0.136. The number of anilines is 1. The van der Waals surface area contributed by atoms with Crippen molar-refractivity contribution in [1.82, 2.24) is 4.98 Å². The van der Waals surface area contributed by atoms with Crippen molar-refractivity contribution in [2.45, 2.75) is 24.5 Å². The van der Waals surface area contributed by atoms with E-state index >= 15 is 0 Å². The second-order valence-electron chi connectivity index (χ2n) is 3.31. The number of nitrogens with one attached hydrogen (secondary N) is 1. The fourth-order valence-electron chi connectivity index (χ4n) is 1.04. The molecule has 2 N–H and O–H groups in total. The molecule has 1 aromatic heterocycles. The number of hydrogen-bond donors (Lipinski definition) is 2. The third-order valence-corrected chi connectivity index (χ3v) is 4.31. The zero-order chi connectivity index (χ0) is 10.8. The van der Waals surface area contributed by atoms with Crippen LogP contribution in [0.2, 0.25) is 0 Å². The Labute approximate surface area is 93.1 Å². The van der Waals surface area contributed by atoms with Crippen molar-refractivity contribution >= 4 is 33.4 Å². The Morgan fingerprint density at radius 2 is 2.47 bits per heavy atom. The Bertz CT molecular complexity index is 400. The molecule has 0 amide bonds. The van der Waals surface area contributed by atoms with E-state index in [-0.39, 0.29) is 11.7 Å². The van der Waals surface area contributed by atoms with Crippen LogP contribution in [0.15, 0.2) is 5.38 Å². The van der Waals surface area contributed by atoms with Crippen LogP contribution in [0.1, 0.15) is 18.5 Å². The summed E-state index contributed by atoms with van der Waals surface area (Å²) in [5.41, 5.74) is 0.503. The average molecular weight is 246 g/mol. The number of rotatable bonds is 5. The predicted octanol–water partition coefficient (Wildman–Crippen LogP) is 1.01. The Morgan fingerprint density at radius 1 is 1.73 bits per heavy atom. The van der Waals surface area contributed by atoms with Gasteiger partial charge >= 0.3 is 5.97 Å². The van der Waals surface area contributed by atoms with E-state index in [1.54, 1.807) is 5.38 Å². The maximum absolute atomic E-state index is 11.5. The lowest BCUT2D eigenvalue weighted by Crippen LogP contribution is -2.08. The standard InChI is InChI=1S/C8H10N2O3S2/c11-7(12)3-5-4-14-8(9-5)10-15(13)6-1-2-6/h4,6H,1-3H2,(H,9,10)(H,11,12). The molecular weight excluding hydrogens is 236 g/mol. The first kappa shape index (κ1) is 10.6. The molecule has 1 fully saturated rings. The summed E-state index contributed by atoms with van der Waals surface area (Å²) in [4.78, 5) is 14.4. The molecule has 0 saturated heterocycles. The minimum absolute atomic E-state index is 0.0890. The highest BCUT2D eigenvalue weighted by molar-refractivity contribution is 7.87. The zero-order valence-corrected chi connectivity index (χ0v) is 9.44. The Balaban J connectivity index is 1.94. The van der Waals surface area contributed by atoms with Crippen LogP contribution in [0, 0.1) is 0 Å². The highest BCUT2D eigenvalue weighted by Crippen LogP contribution is 2.27. The molecule has 5 nitrogen and oxygen atoms in total. The van der Waals surface area contributed by atoms with Gasteiger partial charge in [0.05, 0.1) is 17.4 Å². The van der Waals surface area contributed by atoms with Crippen LogP contribution in [0.3, 0.4) is 0 Å². The number of thiazole rings is 1. The van der Waals surface area contributed by atoms with E-state index in [2.05, 4.69) is 9.71 Å². The highest BCUT2D eigenvalue weighted by Gasteiger charge is 2.29. The molecule has 2 rings (SSSR count). The minimum atomic E-state index is -1.06. The number of carboxylic acids is 1. The van der Waals surface area contributed by atoms with Crippen molar-refractivity contribution in [3.8, 4) is 0 Å². The van der Waals surface area contributed by atoms with Crippen molar-refractivity contribution in [2.75, 3.05) is 4.72 Å². The molecule has 7 heteroatoms. The van der Waals surface area contributed by atoms with Gasteiger partial charge in [-0.2, -0.15) is 0 Å². The molecule has 15 heavy (non-hydrogen) atoms. The molecule has 0 spiro atoms. The number of nitrogens with zero attached hydrogens (tertiary/aromatic N) is 1. The summed E-state index contributed by atoms with van der Waals surface area (Å²) in [5.74, 6) is -0.907. The van der Waals surface area contributed by atoms with Crippen molar-refractivity contribution in [2.24, 2.45) is 0 Å². The molecule has 1 aliphatic carbocycles. The molecular formula is C8H10N2O3S2. The van der Waals surface area contributed by atoms with Gasteiger partial charge in [-0.15, -0.1) is 11.3 Å². The van der Waals surface area contributed by atoms with Gasteiger partial charge in [0.1, 0.15) is 11.0 Å². The topological polar surface area (TPSA) is 79.3 Å². The number of carboxylic acid groups (broad SMARTS) is 1. The van der Waals surface area contributed by atoms with E-state index < -0.39 is 17.0 Å². The SMILES string of the molecule is O=C(O)Cc1csc(NS(=O)C2CC2)n1. The Hall–Kier alpha value is -0.950. The largest absolute Gasteiger partial charge is 0.481 e. The molecule has 82 valence electrons. The lowest BCUT2D eigenvalue weighted by Gasteiger charge is -1.98. The fourth-order valence-corrected chi connectivity index (χ4v) is 2.98. The van der Waals surface area contributed by atoms with Crippen LogP contribution < -0.4 is 4.72 Å². The number of carbonyl (C=O) groups is 1. The second-order valence-corrected chi connectivity index (χ2v) is 5.64. The first-order valence-electron chi connectivity index (χ1n) is 4.48. The van der Waals surface area contributed by atoms with Gasteiger partial charge in [0.15, 0.2) is 5.13 Å². The van der Waals surface area contributed by atoms with Gasteiger partial charge in [0, 0.05) is 5.38 Å². The summed E-state index contributed by atoms with van der Waals surface area (Å²) in [6.07, 6.45) is 1.90. The summed E-state index contributed by atoms with van der Waals surface area (Å²) >= 11 is 1.29. The van der Waals surface area contributed by atoms with Crippen molar-refractivity contribution in [1.29, 1.82) is 0 Å². The van der Waals surface area contributed by atoms with Gasteiger partial charge in [-0.05, 0) is 12.8 Å². The van der Waals surface area contributed by atoms with Crippen molar-refractivity contribution < 1.29 is 14.1 Å². The molecule has 1 heterocycles.